The average molecular weight is 283 g/mol. The maximum Gasteiger partial charge on any atom is 0.0474 e. The summed E-state index contributed by atoms with van der Waals surface area (Å²) in [5, 5.41) is 4.32. The molecule has 1 N–H and O–H groups in total. The van der Waals surface area contributed by atoms with Gasteiger partial charge in [-0.2, -0.15) is 0 Å². The second-order valence-electron chi connectivity index (χ2n) is 5.66. The highest BCUT2D eigenvalue weighted by molar-refractivity contribution is 6.31. The first-order valence-corrected chi connectivity index (χ1v) is 7.57. The molecule has 3 heteroatoms. The summed E-state index contributed by atoms with van der Waals surface area (Å²) >= 11 is 6.42. The van der Waals surface area contributed by atoms with Crippen molar-refractivity contribution in [1.82, 2.24) is 5.32 Å². The first kappa shape index (κ1) is 16.3. The van der Waals surface area contributed by atoms with E-state index in [4.69, 9.17) is 11.6 Å². The van der Waals surface area contributed by atoms with Crippen LogP contribution in [0.5, 0.6) is 0 Å². The molecule has 0 aromatic heterocycles. The molecule has 0 amide bonds. The van der Waals surface area contributed by atoms with Gasteiger partial charge >= 0.3 is 0 Å². The predicted molar refractivity (Wildman–Crippen MR) is 86.3 cm³/mol. The van der Waals surface area contributed by atoms with E-state index in [9.17, 15) is 0 Å². The molecule has 1 aromatic rings. The van der Waals surface area contributed by atoms with Gasteiger partial charge in [0.15, 0.2) is 0 Å². The third-order valence-electron chi connectivity index (χ3n) is 3.23. The fourth-order valence-corrected chi connectivity index (χ4v) is 2.57. The summed E-state index contributed by atoms with van der Waals surface area (Å²) in [5.74, 6) is 0.647. The van der Waals surface area contributed by atoms with Crippen LogP contribution in [0.3, 0.4) is 0 Å². The predicted octanol–water partition coefficient (Wildman–Crippen LogP) is 4.49. The highest BCUT2D eigenvalue weighted by Gasteiger charge is 2.11. The van der Waals surface area contributed by atoms with Crippen molar-refractivity contribution in [2.45, 2.75) is 40.2 Å². The number of halogens is 1. The van der Waals surface area contributed by atoms with Crippen LogP contribution in [0.25, 0.3) is 0 Å². The Morgan fingerprint density at radius 1 is 1.26 bits per heavy atom. The average Bonchev–Trinajstić information content (AvgIpc) is 2.34. The van der Waals surface area contributed by atoms with Gasteiger partial charge in [0.05, 0.1) is 0 Å². The monoisotopic (exact) mass is 282 g/mol. The number of nitrogens with one attached hydrogen (secondary N) is 1. The molecule has 1 unspecified atom stereocenters. The fourth-order valence-electron chi connectivity index (χ4n) is 2.23. The normalized spacial score (nSPS) is 12.8. The van der Waals surface area contributed by atoms with E-state index in [0.29, 0.717) is 12.0 Å². The summed E-state index contributed by atoms with van der Waals surface area (Å²) in [7, 11) is 2.12. The molecular formula is C16H27ClN2. The fraction of sp³-hybridized carbons (Fsp3) is 0.625. The summed E-state index contributed by atoms with van der Waals surface area (Å²) < 4.78 is 0. The van der Waals surface area contributed by atoms with E-state index in [1.165, 1.54) is 11.3 Å². The number of rotatable bonds is 7. The Morgan fingerprint density at radius 3 is 2.47 bits per heavy atom. The van der Waals surface area contributed by atoms with Crippen LogP contribution in [-0.4, -0.2) is 20.1 Å². The highest BCUT2D eigenvalue weighted by atomic mass is 35.5. The van der Waals surface area contributed by atoms with Crippen LogP contribution in [0.15, 0.2) is 18.2 Å². The van der Waals surface area contributed by atoms with Crippen molar-refractivity contribution in [1.29, 1.82) is 0 Å². The van der Waals surface area contributed by atoms with E-state index in [-0.39, 0.29) is 0 Å². The van der Waals surface area contributed by atoms with Crippen LogP contribution in [0, 0.1) is 5.92 Å². The summed E-state index contributed by atoms with van der Waals surface area (Å²) in [4.78, 5) is 2.25. The first-order chi connectivity index (χ1) is 8.95. The van der Waals surface area contributed by atoms with Crippen LogP contribution in [0.4, 0.5) is 5.69 Å². The second kappa shape index (κ2) is 7.76. The van der Waals surface area contributed by atoms with Crippen molar-refractivity contribution < 1.29 is 0 Å². The maximum absolute atomic E-state index is 6.42. The first-order valence-electron chi connectivity index (χ1n) is 7.19. The van der Waals surface area contributed by atoms with Gasteiger partial charge in [0.25, 0.3) is 0 Å². The van der Waals surface area contributed by atoms with Gasteiger partial charge in [-0.3, -0.25) is 0 Å². The molecule has 0 aliphatic carbocycles. The molecule has 2 nitrogen and oxygen atoms in total. The van der Waals surface area contributed by atoms with Gasteiger partial charge in [-0.1, -0.05) is 38.4 Å². The van der Waals surface area contributed by atoms with Crippen LogP contribution >= 0.6 is 11.6 Å². The molecule has 1 rings (SSSR count). The van der Waals surface area contributed by atoms with Crippen LogP contribution in [-0.2, 0) is 0 Å². The number of benzene rings is 1. The Morgan fingerprint density at radius 2 is 1.95 bits per heavy atom. The Labute approximate surface area is 123 Å². The van der Waals surface area contributed by atoms with E-state index < -0.39 is 0 Å². The highest BCUT2D eigenvalue weighted by Crippen LogP contribution is 2.27. The molecule has 0 saturated heterocycles. The topological polar surface area (TPSA) is 15.3 Å². The zero-order valence-electron chi connectivity index (χ0n) is 12.8. The summed E-state index contributed by atoms with van der Waals surface area (Å²) in [5.41, 5.74) is 2.36. The van der Waals surface area contributed by atoms with Gasteiger partial charge in [-0.05, 0) is 43.5 Å². The summed E-state index contributed by atoms with van der Waals surface area (Å²) in [6, 6.07) is 6.68. The Kier molecular flexibility index (Phi) is 6.67. The van der Waals surface area contributed by atoms with E-state index in [1.807, 2.05) is 0 Å². The Balaban J connectivity index is 2.79. The molecule has 0 saturated carbocycles. The van der Waals surface area contributed by atoms with Crippen molar-refractivity contribution in [2.75, 3.05) is 25.0 Å². The van der Waals surface area contributed by atoms with Crippen molar-refractivity contribution in [2.24, 2.45) is 5.92 Å². The minimum Gasteiger partial charge on any atom is -0.374 e. The summed E-state index contributed by atoms with van der Waals surface area (Å²) in [6.45, 7) is 10.8. The zero-order chi connectivity index (χ0) is 14.4. The quantitative estimate of drug-likeness (QED) is 0.792. The third kappa shape index (κ3) is 5.04. The third-order valence-corrected chi connectivity index (χ3v) is 3.56. The van der Waals surface area contributed by atoms with Crippen molar-refractivity contribution in [3.8, 4) is 0 Å². The van der Waals surface area contributed by atoms with Gasteiger partial charge in [-0.25, -0.2) is 0 Å². The molecule has 19 heavy (non-hydrogen) atoms. The van der Waals surface area contributed by atoms with Crippen LogP contribution in [0.1, 0.15) is 45.7 Å². The molecule has 0 aliphatic rings. The molecule has 0 heterocycles. The second-order valence-corrected chi connectivity index (χ2v) is 6.06. The smallest absolute Gasteiger partial charge is 0.0474 e. The minimum atomic E-state index is 0.303. The molecule has 108 valence electrons. The van der Waals surface area contributed by atoms with Crippen molar-refractivity contribution >= 4 is 17.3 Å². The lowest BCUT2D eigenvalue weighted by atomic mass is 10.1. The number of anilines is 1. The van der Waals surface area contributed by atoms with Crippen molar-refractivity contribution in [3.63, 3.8) is 0 Å². The van der Waals surface area contributed by atoms with E-state index >= 15 is 0 Å². The molecule has 0 spiro atoms. The maximum atomic E-state index is 6.42. The Hall–Kier alpha value is -0.730. The van der Waals surface area contributed by atoms with Gasteiger partial charge in [0, 0.05) is 30.3 Å². The molecule has 0 bridgehead atoms. The van der Waals surface area contributed by atoms with Crippen LogP contribution in [0.2, 0.25) is 5.02 Å². The lowest BCUT2D eigenvalue weighted by Crippen LogP contribution is -2.23. The van der Waals surface area contributed by atoms with Crippen molar-refractivity contribution in [3.05, 3.63) is 28.8 Å². The van der Waals surface area contributed by atoms with Gasteiger partial charge in [-0.15, -0.1) is 0 Å². The SMILES string of the molecule is CCCNC(C)c1ccc(N(C)CC(C)C)cc1Cl. The van der Waals surface area contributed by atoms with Gasteiger partial charge in [0.1, 0.15) is 0 Å². The lowest BCUT2D eigenvalue weighted by molar-refractivity contribution is 0.570. The molecule has 0 aliphatic heterocycles. The van der Waals surface area contributed by atoms with Gasteiger partial charge < -0.3 is 10.2 Å². The van der Waals surface area contributed by atoms with E-state index in [1.54, 1.807) is 0 Å². The number of hydrogen-bond donors (Lipinski definition) is 1. The molecule has 1 aromatic carbocycles. The standard InChI is InChI=1S/C16H27ClN2/c1-6-9-18-13(4)15-8-7-14(10-16(15)17)19(5)11-12(2)3/h7-8,10,12-13,18H,6,9,11H2,1-5H3. The zero-order valence-corrected chi connectivity index (χ0v) is 13.6. The largest absolute Gasteiger partial charge is 0.374 e. The molecule has 0 radical (unpaired) electrons. The van der Waals surface area contributed by atoms with E-state index in [0.717, 1.165) is 24.5 Å². The molecular weight excluding hydrogens is 256 g/mol. The number of nitrogens with zero attached hydrogens (tertiary/aromatic N) is 1. The lowest BCUT2D eigenvalue weighted by Gasteiger charge is -2.23. The van der Waals surface area contributed by atoms with Gasteiger partial charge in [0.2, 0.25) is 0 Å². The summed E-state index contributed by atoms with van der Waals surface area (Å²) in [6.07, 6.45) is 1.14. The molecule has 1 atom stereocenters. The molecule has 0 fully saturated rings. The Bertz CT molecular complexity index is 390. The number of hydrogen-bond acceptors (Lipinski definition) is 2. The van der Waals surface area contributed by atoms with Crippen LogP contribution < -0.4 is 10.2 Å². The minimum absolute atomic E-state index is 0.303. The van der Waals surface area contributed by atoms with E-state index in [2.05, 4.69) is 63.2 Å².